The normalized spacial score (nSPS) is 18.1. The summed E-state index contributed by atoms with van der Waals surface area (Å²) in [6.45, 7) is 0.936. The Bertz CT molecular complexity index is 65.5. The molecule has 0 aromatic heterocycles. The van der Waals surface area contributed by atoms with Gasteiger partial charge in [0.05, 0.1) is 0 Å². The van der Waals surface area contributed by atoms with Gasteiger partial charge in [0.2, 0.25) is 0 Å². The van der Waals surface area contributed by atoms with Crippen LogP contribution in [0.2, 0.25) is 0 Å². The molecule has 0 aromatic carbocycles. The van der Waals surface area contributed by atoms with Gasteiger partial charge < -0.3 is 0 Å². The minimum absolute atomic E-state index is 0.467. The summed E-state index contributed by atoms with van der Waals surface area (Å²) in [6.07, 6.45) is -0.467. The molecule has 0 amide bonds. The molecule has 0 rings (SSSR count). The van der Waals surface area contributed by atoms with Crippen LogP contribution in [0.3, 0.4) is 0 Å². The van der Waals surface area contributed by atoms with Gasteiger partial charge >= 0.3 is 40.6 Å². The van der Waals surface area contributed by atoms with Crippen molar-refractivity contribution >= 4 is 7.28 Å². The van der Waals surface area contributed by atoms with Crippen LogP contribution in [-0.2, 0) is 0 Å². The molecule has 0 heterocycles. The molecule has 0 aliphatic carbocycles. The van der Waals surface area contributed by atoms with Crippen LogP contribution in [0.5, 0.6) is 0 Å². The second-order valence-corrected chi connectivity index (χ2v) is 5.37. The first-order valence-corrected chi connectivity index (χ1v) is 4.50. The molecule has 7 heavy (non-hydrogen) atoms. The van der Waals surface area contributed by atoms with E-state index in [-0.39, 0.29) is 0 Å². The molecule has 0 radical (unpaired) electrons. The third kappa shape index (κ3) is 6.27. The average molecular weight is 127 g/mol. The van der Waals surface area contributed by atoms with Crippen LogP contribution in [0, 0.1) is 0 Å². The number of nitrogens with two attached hydrogens (primary N) is 1. The number of rotatable bonds is 1. The molecule has 5 heteroatoms. The molecule has 4 nitrogen and oxygen atoms in total. The van der Waals surface area contributed by atoms with Crippen molar-refractivity contribution in [3.8, 4) is 0 Å². The van der Waals surface area contributed by atoms with Crippen LogP contribution in [0.25, 0.3) is 0 Å². The zero-order valence-electron chi connectivity index (χ0n) is 4.07. The van der Waals surface area contributed by atoms with E-state index >= 15 is 0 Å². The molecule has 0 aliphatic heterocycles. The molecule has 0 fully saturated rings. The number of hydrogen-bond donors (Lipinski definition) is 4. The van der Waals surface area contributed by atoms with Gasteiger partial charge in [0, 0.05) is 0 Å². The van der Waals surface area contributed by atoms with E-state index in [1.165, 1.54) is 0 Å². The summed E-state index contributed by atoms with van der Waals surface area (Å²) >= 11 is 0. The van der Waals surface area contributed by atoms with E-state index in [0.717, 1.165) is 6.66 Å². The first-order chi connectivity index (χ1) is 2.81. The van der Waals surface area contributed by atoms with Crippen LogP contribution in [0.4, 0.5) is 0 Å². The first kappa shape index (κ1) is 7.27. The van der Waals surface area contributed by atoms with Crippen LogP contribution < -0.4 is 5.73 Å². The van der Waals surface area contributed by atoms with Gasteiger partial charge in [0.15, 0.2) is 0 Å². The third-order valence-electron chi connectivity index (χ3n) is 0.428. The summed E-state index contributed by atoms with van der Waals surface area (Å²) in [6, 6.07) is 0. The minimum atomic E-state index is -4.30. The zero-order valence-corrected chi connectivity index (χ0v) is 4.97. The Morgan fingerprint density at radius 2 is 1.57 bits per heavy atom. The molecule has 46 valence electrons. The van der Waals surface area contributed by atoms with E-state index in [2.05, 4.69) is 0 Å². The van der Waals surface area contributed by atoms with Crippen molar-refractivity contribution in [2.24, 2.45) is 5.73 Å². The molecule has 0 saturated heterocycles. The standard InChI is InChI=1S/C2H10NO3P/c1-7(4,5,6)2-3/h4-6H,2-3H2,1H3. The van der Waals surface area contributed by atoms with Gasteiger partial charge in [0.1, 0.15) is 0 Å². The van der Waals surface area contributed by atoms with Crippen molar-refractivity contribution in [2.45, 2.75) is 0 Å². The molecular formula is C2H10NO3P. The van der Waals surface area contributed by atoms with Gasteiger partial charge in [-0.05, 0) is 0 Å². The Labute approximate surface area is 41.8 Å². The van der Waals surface area contributed by atoms with Gasteiger partial charge in [-0.15, -0.1) is 0 Å². The Morgan fingerprint density at radius 3 is 1.57 bits per heavy atom. The Balaban J connectivity index is 3.83. The molecular weight excluding hydrogens is 117 g/mol. The average Bonchev–Trinajstić information content (AvgIpc) is 1.32. The topological polar surface area (TPSA) is 86.7 Å². The SMILES string of the molecule is CP(O)(O)(O)CN. The van der Waals surface area contributed by atoms with Crippen molar-refractivity contribution in [3.05, 3.63) is 0 Å². The molecule has 0 bridgehead atoms. The Hall–Kier alpha value is 0.270. The fourth-order valence-corrected chi connectivity index (χ4v) is 0. The van der Waals surface area contributed by atoms with Crippen molar-refractivity contribution in [3.63, 3.8) is 0 Å². The summed E-state index contributed by atoms with van der Waals surface area (Å²) in [5, 5.41) is 0. The molecule has 5 N–H and O–H groups in total. The van der Waals surface area contributed by atoms with Crippen molar-refractivity contribution in [2.75, 3.05) is 13.0 Å². The van der Waals surface area contributed by atoms with Crippen LogP contribution in [0.15, 0.2) is 0 Å². The van der Waals surface area contributed by atoms with E-state index < -0.39 is 13.6 Å². The van der Waals surface area contributed by atoms with Crippen LogP contribution >= 0.6 is 7.28 Å². The van der Waals surface area contributed by atoms with Gasteiger partial charge in [-0.25, -0.2) is 0 Å². The summed E-state index contributed by atoms with van der Waals surface area (Å²) in [7, 11) is -4.30. The van der Waals surface area contributed by atoms with Crippen LogP contribution in [0.1, 0.15) is 0 Å². The fraction of sp³-hybridized carbons (Fsp3) is 1.00. The predicted molar refractivity (Wildman–Crippen MR) is 28.6 cm³/mol. The van der Waals surface area contributed by atoms with Crippen LogP contribution in [-0.4, -0.2) is 27.6 Å². The second-order valence-electron chi connectivity index (χ2n) is 1.79. The maximum atomic E-state index is 8.41. The summed E-state index contributed by atoms with van der Waals surface area (Å²) in [4.78, 5) is 25.2. The molecule has 0 saturated carbocycles. The third-order valence-corrected chi connectivity index (χ3v) is 1.28. The number of hydrogen-bond acceptors (Lipinski definition) is 4. The van der Waals surface area contributed by atoms with E-state index in [4.69, 9.17) is 20.4 Å². The van der Waals surface area contributed by atoms with Crippen molar-refractivity contribution in [1.82, 2.24) is 0 Å². The van der Waals surface area contributed by atoms with Gasteiger partial charge in [0.25, 0.3) is 0 Å². The predicted octanol–water partition coefficient (Wildman–Crippen LogP) is -1.19. The van der Waals surface area contributed by atoms with Crippen molar-refractivity contribution < 1.29 is 14.7 Å². The monoisotopic (exact) mass is 127 g/mol. The van der Waals surface area contributed by atoms with E-state index in [1.54, 1.807) is 0 Å². The van der Waals surface area contributed by atoms with E-state index in [9.17, 15) is 0 Å². The zero-order chi connectivity index (χ0) is 6.15. The van der Waals surface area contributed by atoms with E-state index in [0.29, 0.717) is 0 Å². The Kier molecular flexibility index (Phi) is 1.42. The summed E-state index contributed by atoms with van der Waals surface area (Å²) in [5.41, 5.74) is 4.75. The Morgan fingerprint density at radius 1 is 1.43 bits per heavy atom. The fourth-order valence-electron chi connectivity index (χ4n) is 0. The van der Waals surface area contributed by atoms with Gasteiger partial charge in [-0.3, -0.25) is 0 Å². The molecule has 0 atom stereocenters. The summed E-state index contributed by atoms with van der Waals surface area (Å²) in [5.74, 6) is 0. The van der Waals surface area contributed by atoms with Crippen molar-refractivity contribution in [1.29, 1.82) is 0 Å². The summed E-state index contributed by atoms with van der Waals surface area (Å²) < 4.78 is 0. The first-order valence-electron chi connectivity index (χ1n) is 1.77. The molecule has 0 unspecified atom stereocenters. The van der Waals surface area contributed by atoms with Gasteiger partial charge in [-0.2, -0.15) is 0 Å². The molecule has 0 aliphatic rings. The van der Waals surface area contributed by atoms with Gasteiger partial charge in [-0.1, -0.05) is 0 Å². The molecule has 0 aromatic rings. The molecule has 0 spiro atoms. The quantitative estimate of drug-likeness (QED) is 0.333. The second kappa shape index (κ2) is 1.37. The maximum absolute atomic E-state index is 8.41. The van der Waals surface area contributed by atoms with E-state index in [1.807, 2.05) is 0 Å².